The van der Waals surface area contributed by atoms with Crippen LogP contribution >= 0.6 is 0 Å². The quantitative estimate of drug-likeness (QED) is 0.718. The van der Waals surface area contributed by atoms with Gasteiger partial charge in [-0.25, -0.2) is 13.4 Å². The molecule has 1 aromatic rings. The first kappa shape index (κ1) is 8.67. The zero-order valence-electron chi connectivity index (χ0n) is 6.80. The predicted molar refractivity (Wildman–Crippen MR) is 43.0 cm³/mol. The topological polar surface area (TPSA) is 75.3 Å². The molecule has 1 aliphatic heterocycles. The van der Waals surface area contributed by atoms with E-state index in [2.05, 4.69) is 9.97 Å². The molecule has 1 aromatic heterocycles. The minimum absolute atomic E-state index is 0.0643. The van der Waals surface area contributed by atoms with Crippen LogP contribution in [-0.4, -0.2) is 36.0 Å². The van der Waals surface area contributed by atoms with Crippen LogP contribution < -0.4 is 0 Å². The number of sulfonamides is 1. The van der Waals surface area contributed by atoms with Crippen molar-refractivity contribution in [2.24, 2.45) is 0 Å². The number of rotatable bonds is 2. The van der Waals surface area contributed by atoms with Gasteiger partial charge in [0.15, 0.2) is 5.03 Å². The van der Waals surface area contributed by atoms with Gasteiger partial charge in [-0.1, -0.05) is 4.47 Å². The average molecular weight is 203 g/mol. The van der Waals surface area contributed by atoms with Gasteiger partial charge in [-0.05, 0) is 6.42 Å². The Bertz CT molecular complexity index is 366. The molecule has 0 bridgehead atoms. The van der Waals surface area contributed by atoms with Gasteiger partial charge in [-0.3, -0.25) is 4.84 Å². The maximum atomic E-state index is 11.6. The van der Waals surface area contributed by atoms with Crippen molar-refractivity contribution >= 4 is 10.0 Å². The first-order valence-corrected chi connectivity index (χ1v) is 5.29. The predicted octanol–water partition coefficient (Wildman–Crippen LogP) is -0.264. The second-order valence-electron chi connectivity index (χ2n) is 2.63. The van der Waals surface area contributed by atoms with Crippen LogP contribution in [0.25, 0.3) is 0 Å². The average Bonchev–Trinajstić information content (AvgIpc) is 2.78. The monoisotopic (exact) mass is 203 g/mol. The molecule has 0 saturated carbocycles. The van der Waals surface area contributed by atoms with Crippen molar-refractivity contribution in [3.63, 3.8) is 0 Å². The summed E-state index contributed by atoms with van der Waals surface area (Å²) in [6.07, 6.45) is 3.31. The van der Waals surface area contributed by atoms with E-state index in [1.54, 1.807) is 0 Å². The highest BCUT2D eigenvalue weighted by atomic mass is 32.2. The van der Waals surface area contributed by atoms with Crippen LogP contribution in [0.2, 0.25) is 0 Å². The Balaban J connectivity index is 2.30. The van der Waals surface area contributed by atoms with Crippen molar-refractivity contribution in [2.45, 2.75) is 11.4 Å². The van der Waals surface area contributed by atoms with Crippen LogP contribution in [0.15, 0.2) is 17.6 Å². The third kappa shape index (κ3) is 1.45. The highest BCUT2D eigenvalue weighted by Gasteiger charge is 2.29. The lowest BCUT2D eigenvalue weighted by molar-refractivity contribution is -0.0286. The van der Waals surface area contributed by atoms with Gasteiger partial charge < -0.3 is 4.98 Å². The smallest absolute Gasteiger partial charge is 0.282 e. The SMILES string of the molecule is O=S(=O)(c1cnc[nH]1)N1CCCO1. The molecule has 2 rings (SSSR count). The number of aromatic nitrogens is 2. The first-order valence-electron chi connectivity index (χ1n) is 3.85. The second-order valence-corrected chi connectivity index (χ2v) is 4.43. The van der Waals surface area contributed by atoms with Gasteiger partial charge >= 0.3 is 0 Å². The summed E-state index contributed by atoms with van der Waals surface area (Å²) in [6, 6.07) is 0. The van der Waals surface area contributed by atoms with E-state index < -0.39 is 10.0 Å². The Labute approximate surface area is 75.5 Å². The van der Waals surface area contributed by atoms with Gasteiger partial charge in [0.25, 0.3) is 10.0 Å². The molecule has 6 nitrogen and oxygen atoms in total. The maximum Gasteiger partial charge on any atom is 0.282 e. The van der Waals surface area contributed by atoms with Crippen molar-refractivity contribution in [2.75, 3.05) is 13.2 Å². The molecule has 1 N–H and O–H groups in total. The van der Waals surface area contributed by atoms with Crippen LogP contribution in [0, 0.1) is 0 Å². The van der Waals surface area contributed by atoms with E-state index >= 15 is 0 Å². The van der Waals surface area contributed by atoms with E-state index in [0.29, 0.717) is 13.2 Å². The largest absolute Gasteiger partial charge is 0.335 e. The van der Waals surface area contributed by atoms with Crippen LogP contribution in [-0.2, 0) is 14.9 Å². The van der Waals surface area contributed by atoms with Gasteiger partial charge in [-0.2, -0.15) is 0 Å². The van der Waals surface area contributed by atoms with Crippen molar-refractivity contribution < 1.29 is 13.3 Å². The summed E-state index contributed by atoms with van der Waals surface area (Å²) in [7, 11) is -3.50. The summed E-state index contributed by atoms with van der Waals surface area (Å²) >= 11 is 0. The second kappa shape index (κ2) is 3.09. The molecule has 13 heavy (non-hydrogen) atoms. The molecule has 0 aromatic carbocycles. The zero-order chi connectivity index (χ0) is 9.31. The Hall–Kier alpha value is -0.920. The molecule has 2 heterocycles. The van der Waals surface area contributed by atoms with Crippen molar-refractivity contribution in [3.05, 3.63) is 12.5 Å². The molecular weight excluding hydrogens is 194 g/mol. The number of hydrogen-bond donors (Lipinski definition) is 1. The third-order valence-corrected chi connectivity index (χ3v) is 3.34. The van der Waals surface area contributed by atoms with Crippen molar-refractivity contribution in [3.8, 4) is 0 Å². The molecule has 1 saturated heterocycles. The summed E-state index contributed by atoms with van der Waals surface area (Å²) in [4.78, 5) is 11.1. The number of aromatic amines is 1. The Morgan fingerprint density at radius 2 is 2.46 bits per heavy atom. The molecule has 0 amide bonds. The fourth-order valence-electron chi connectivity index (χ4n) is 1.11. The molecule has 0 atom stereocenters. The van der Waals surface area contributed by atoms with Crippen LogP contribution in [0.5, 0.6) is 0 Å². The minimum Gasteiger partial charge on any atom is -0.335 e. The Kier molecular flexibility index (Phi) is 2.06. The number of nitrogens with one attached hydrogen (secondary N) is 1. The molecule has 0 spiro atoms. The minimum atomic E-state index is -3.50. The molecule has 7 heteroatoms. The fraction of sp³-hybridized carbons (Fsp3) is 0.500. The molecule has 1 aliphatic rings. The Morgan fingerprint density at radius 1 is 1.62 bits per heavy atom. The van der Waals surface area contributed by atoms with Crippen LogP contribution in [0.3, 0.4) is 0 Å². The molecule has 1 fully saturated rings. The third-order valence-electron chi connectivity index (χ3n) is 1.74. The van der Waals surface area contributed by atoms with E-state index in [1.807, 2.05) is 0 Å². The van der Waals surface area contributed by atoms with Gasteiger partial charge in [0.2, 0.25) is 0 Å². The summed E-state index contributed by atoms with van der Waals surface area (Å²) in [5.41, 5.74) is 0. The van der Waals surface area contributed by atoms with Crippen molar-refractivity contribution in [1.82, 2.24) is 14.4 Å². The van der Waals surface area contributed by atoms with E-state index in [0.717, 1.165) is 10.9 Å². The number of nitrogens with zero attached hydrogens (tertiary/aromatic N) is 2. The lowest BCUT2D eigenvalue weighted by Crippen LogP contribution is -2.26. The number of hydrogen-bond acceptors (Lipinski definition) is 4. The van der Waals surface area contributed by atoms with Gasteiger partial charge in [-0.15, -0.1) is 0 Å². The van der Waals surface area contributed by atoms with Crippen LogP contribution in [0.1, 0.15) is 6.42 Å². The summed E-state index contributed by atoms with van der Waals surface area (Å²) < 4.78 is 24.2. The molecule has 0 unspecified atom stereocenters. The number of hydroxylamine groups is 1. The fourth-order valence-corrected chi connectivity index (χ4v) is 2.31. The first-order chi connectivity index (χ1) is 6.21. The van der Waals surface area contributed by atoms with Crippen LogP contribution in [0.4, 0.5) is 0 Å². The van der Waals surface area contributed by atoms with Crippen molar-refractivity contribution in [1.29, 1.82) is 0 Å². The molecule has 0 radical (unpaired) electrons. The number of H-pyrrole nitrogens is 1. The summed E-state index contributed by atoms with van der Waals surface area (Å²) in [5.74, 6) is 0. The molecule has 0 aliphatic carbocycles. The van der Waals surface area contributed by atoms with Gasteiger partial charge in [0, 0.05) is 6.54 Å². The lowest BCUT2D eigenvalue weighted by Gasteiger charge is -2.11. The van der Waals surface area contributed by atoms with Gasteiger partial charge in [0.1, 0.15) is 0 Å². The van der Waals surface area contributed by atoms with Gasteiger partial charge in [0.05, 0.1) is 19.1 Å². The standard InChI is InChI=1S/C6H9N3O3S/c10-13(11,6-4-7-5-8-6)9-2-1-3-12-9/h4-5H,1-3H2,(H,7,8). The highest BCUT2D eigenvalue weighted by Crippen LogP contribution is 2.16. The molecule has 72 valence electrons. The van der Waals surface area contributed by atoms with E-state index in [4.69, 9.17) is 4.84 Å². The van der Waals surface area contributed by atoms with E-state index in [1.165, 1.54) is 12.5 Å². The lowest BCUT2D eigenvalue weighted by atomic mass is 10.5. The number of imidazole rings is 1. The summed E-state index contributed by atoms with van der Waals surface area (Å²) in [6.45, 7) is 0.856. The summed E-state index contributed by atoms with van der Waals surface area (Å²) in [5, 5.41) is 0.0643. The molecular formula is C6H9N3O3S. The maximum absolute atomic E-state index is 11.6. The normalized spacial score (nSPS) is 19.4. The Morgan fingerprint density at radius 3 is 3.00 bits per heavy atom. The van der Waals surface area contributed by atoms with E-state index in [9.17, 15) is 8.42 Å². The highest BCUT2D eigenvalue weighted by molar-refractivity contribution is 7.88. The van der Waals surface area contributed by atoms with E-state index in [-0.39, 0.29) is 5.03 Å². The zero-order valence-corrected chi connectivity index (χ0v) is 7.62.